The van der Waals surface area contributed by atoms with Gasteiger partial charge in [0, 0.05) is 24.5 Å². The van der Waals surface area contributed by atoms with Gasteiger partial charge in [-0.3, -0.25) is 4.79 Å². The normalized spacial score (nSPS) is 20.7. The van der Waals surface area contributed by atoms with Gasteiger partial charge in [-0.1, -0.05) is 29.8 Å². The molecule has 2 aliphatic heterocycles. The molecule has 31 heavy (non-hydrogen) atoms. The van der Waals surface area contributed by atoms with E-state index in [-0.39, 0.29) is 24.6 Å². The summed E-state index contributed by atoms with van der Waals surface area (Å²) in [6.07, 6.45) is -0.598. The molecule has 5 rings (SSSR count). The van der Waals surface area contributed by atoms with E-state index >= 15 is 0 Å². The zero-order valence-corrected chi connectivity index (χ0v) is 18.0. The van der Waals surface area contributed by atoms with E-state index in [1.54, 1.807) is 17.0 Å². The van der Waals surface area contributed by atoms with Gasteiger partial charge in [-0.25, -0.2) is 13.4 Å². The predicted molar refractivity (Wildman–Crippen MR) is 119 cm³/mol. The molecule has 0 aliphatic carbocycles. The fraction of sp³-hybridized carbons (Fsp3) is 0.304. The fourth-order valence-corrected chi connectivity index (χ4v) is 5.87. The molecule has 1 unspecified atom stereocenters. The Morgan fingerprint density at radius 1 is 1.13 bits per heavy atom. The number of carbonyl (C=O) groups excluding carboxylic acids is 1. The molecule has 2 aromatic carbocycles. The number of pyridine rings is 1. The van der Waals surface area contributed by atoms with E-state index in [0.717, 1.165) is 22.0 Å². The van der Waals surface area contributed by atoms with Crippen LogP contribution in [0.1, 0.15) is 17.5 Å². The molecule has 0 bridgehead atoms. The largest absolute Gasteiger partial charge is 0.391 e. The average molecular weight is 438 g/mol. The number of rotatable bonds is 2. The number of nitrogens with zero attached hydrogens (tertiary/aromatic N) is 3. The number of hydrogen-bond acceptors (Lipinski definition) is 6. The van der Waals surface area contributed by atoms with Gasteiger partial charge >= 0.3 is 0 Å². The van der Waals surface area contributed by atoms with Crippen LogP contribution >= 0.6 is 0 Å². The minimum Gasteiger partial charge on any atom is -0.391 e. The highest BCUT2D eigenvalue weighted by Gasteiger charge is 2.32. The summed E-state index contributed by atoms with van der Waals surface area (Å²) in [5.74, 6) is 0.484. The summed E-state index contributed by atoms with van der Waals surface area (Å²) in [5, 5.41) is 10.9. The highest BCUT2D eigenvalue weighted by atomic mass is 32.2. The fourth-order valence-electron chi connectivity index (χ4n) is 4.37. The number of benzene rings is 2. The second kappa shape index (κ2) is 7.32. The molecule has 1 aromatic heterocycles. The van der Waals surface area contributed by atoms with Gasteiger partial charge in [-0.05, 0) is 30.7 Å². The van der Waals surface area contributed by atoms with E-state index in [1.165, 1.54) is 0 Å². The second-order valence-corrected chi connectivity index (χ2v) is 10.3. The number of β-amino-alcohol motifs (C(OH)–C–C–N with tert-alkyl or cyclic N) is 1. The first kappa shape index (κ1) is 20.0. The van der Waals surface area contributed by atoms with E-state index in [4.69, 9.17) is 4.98 Å². The summed E-state index contributed by atoms with van der Waals surface area (Å²) in [4.78, 5) is 21.3. The Morgan fingerprint density at radius 2 is 1.94 bits per heavy atom. The maximum absolute atomic E-state index is 12.7. The summed E-state index contributed by atoms with van der Waals surface area (Å²) >= 11 is 0. The van der Waals surface area contributed by atoms with Crippen LogP contribution in [0.15, 0.2) is 53.4 Å². The topological polar surface area (TPSA) is 90.8 Å². The molecule has 0 saturated carbocycles. The van der Waals surface area contributed by atoms with Gasteiger partial charge < -0.3 is 14.9 Å². The number of aryl methyl sites for hydroxylation is 1. The number of aliphatic hydroxyl groups is 1. The summed E-state index contributed by atoms with van der Waals surface area (Å²) in [6, 6.07) is 14.8. The summed E-state index contributed by atoms with van der Waals surface area (Å²) < 4.78 is 25.5. The summed E-state index contributed by atoms with van der Waals surface area (Å²) in [5.41, 5.74) is 3.21. The highest BCUT2D eigenvalue weighted by Crippen LogP contribution is 2.35. The minimum absolute atomic E-state index is 0.00563. The lowest BCUT2D eigenvalue weighted by Gasteiger charge is -2.25. The zero-order chi connectivity index (χ0) is 21.8. The van der Waals surface area contributed by atoms with Gasteiger partial charge in [0.25, 0.3) is 0 Å². The van der Waals surface area contributed by atoms with Crippen LogP contribution < -0.4 is 9.80 Å². The molecule has 160 valence electrons. The second-order valence-electron chi connectivity index (χ2n) is 8.23. The first-order chi connectivity index (χ1) is 14.8. The van der Waals surface area contributed by atoms with Crippen molar-refractivity contribution in [2.45, 2.75) is 30.9 Å². The van der Waals surface area contributed by atoms with Gasteiger partial charge in [0.1, 0.15) is 5.82 Å². The van der Waals surface area contributed by atoms with E-state index in [1.807, 2.05) is 48.2 Å². The molecule has 0 spiro atoms. The van der Waals surface area contributed by atoms with Crippen LogP contribution in [-0.2, 0) is 21.2 Å². The average Bonchev–Trinajstić information content (AvgIpc) is 3.00. The molecular formula is C23H23N3O4S. The van der Waals surface area contributed by atoms with E-state index in [2.05, 4.69) is 0 Å². The lowest BCUT2D eigenvalue weighted by molar-refractivity contribution is -0.117. The Bertz CT molecular complexity index is 1310. The number of aromatic nitrogens is 1. The van der Waals surface area contributed by atoms with Gasteiger partial charge in [-0.2, -0.15) is 0 Å². The predicted octanol–water partition coefficient (Wildman–Crippen LogP) is 2.43. The lowest BCUT2D eigenvalue weighted by atomic mass is 10.1. The number of aliphatic hydroxyl groups excluding tert-OH is 1. The van der Waals surface area contributed by atoms with Gasteiger partial charge in [0.05, 0.1) is 40.9 Å². The number of amides is 1. The molecular weight excluding hydrogens is 414 g/mol. The maximum atomic E-state index is 12.7. The number of carbonyl (C=O) groups is 1. The third-order valence-corrected chi connectivity index (χ3v) is 7.74. The van der Waals surface area contributed by atoms with Crippen molar-refractivity contribution in [2.24, 2.45) is 0 Å². The van der Waals surface area contributed by atoms with Crippen LogP contribution in [-0.4, -0.2) is 49.4 Å². The lowest BCUT2D eigenvalue weighted by Crippen LogP contribution is -2.29. The standard InChI is InChI=1S/C23H23N3O4S/c1-15-6-7-19-18(10-15)20(26-14-17(27)11-23(26)28)12-22(24-19)25-8-9-31(29,30)21-5-3-2-4-16(21)13-25/h2-7,10,12,17,27H,8-9,11,13-14H2,1H3. The van der Waals surface area contributed by atoms with Crippen LogP contribution in [0.4, 0.5) is 11.5 Å². The molecule has 3 heterocycles. The molecule has 1 fully saturated rings. The molecule has 1 atom stereocenters. The van der Waals surface area contributed by atoms with Crippen molar-refractivity contribution in [3.8, 4) is 0 Å². The van der Waals surface area contributed by atoms with E-state index < -0.39 is 15.9 Å². The van der Waals surface area contributed by atoms with Gasteiger partial charge in [0.15, 0.2) is 9.84 Å². The van der Waals surface area contributed by atoms with Crippen LogP contribution in [0.5, 0.6) is 0 Å². The Balaban J connectivity index is 1.64. The Hall–Kier alpha value is -2.97. The SMILES string of the molecule is Cc1ccc2nc(N3CCS(=O)(=O)c4ccccc4C3)cc(N3CC(O)CC3=O)c2c1. The summed E-state index contributed by atoms with van der Waals surface area (Å²) in [7, 11) is -3.38. The highest BCUT2D eigenvalue weighted by molar-refractivity contribution is 7.91. The monoisotopic (exact) mass is 437 g/mol. The molecule has 0 radical (unpaired) electrons. The van der Waals surface area contributed by atoms with Crippen molar-refractivity contribution in [1.82, 2.24) is 4.98 Å². The Labute approximate surface area is 180 Å². The quantitative estimate of drug-likeness (QED) is 0.662. The molecule has 1 saturated heterocycles. The third-order valence-electron chi connectivity index (χ3n) is 5.95. The van der Waals surface area contributed by atoms with E-state index in [0.29, 0.717) is 29.5 Å². The van der Waals surface area contributed by atoms with Crippen molar-refractivity contribution in [3.63, 3.8) is 0 Å². The van der Waals surface area contributed by atoms with Crippen molar-refractivity contribution in [1.29, 1.82) is 0 Å². The molecule has 1 amide bonds. The number of sulfone groups is 1. The minimum atomic E-state index is -3.38. The molecule has 8 heteroatoms. The third kappa shape index (κ3) is 3.55. The zero-order valence-electron chi connectivity index (χ0n) is 17.2. The van der Waals surface area contributed by atoms with Gasteiger partial charge in [0.2, 0.25) is 5.91 Å². The number of fused-ring (bicyclic) bond motifs is 2. The maximum Gasteiger partial charge on any atom is 0.229 e. The smallest absolute Gasteiger partial charge is 0.229 e. The molecule has 7 nitrogen and oxygen atoms in total. The van der Waals surface area contributed by atoms with Crippen molar-refractivity contribution in [3.05, 3.63) is 59.7 Å². The molecule has 2 aliphatic rings. The van der Waals surface area contributed by atoms with Crippen molar-refractivity contribution in [2.75, 3.05) is 28.6 Å². The van der Waals surface area contributed by atoms with Crippen LogP contribution in [0.2, 0.25) is 0 Å². The Morgan fingerprint density at radius 3 is 2.71 bits per heavy atom. The molecule has 3 aromatic rings. The first-order valence-corrected chi connectivity index (χ1v) is 11.9. The number of anilines is 2. The van der Waals surface area contributed by atoms with Crippen molar-refractivity contribution >= 4 is 38.2 Å². The van der Waals surface area contributed by atoms with Crippen LogP contribution in [0.3, 0.4) is 0 Å². The van der Waals surface area contributed by atoms with Gasteiger partial charge in [-0.15, -0.1) is 0 Å². The Kier molecular flexibility index (Phi) is 4.71. The van der Waals surface area contributed by atoms with Crippen LogP contribution in [0, 0.1) is 6.92 Å². The van der Waals surface area contributed by atoms with Crippen molar-refractivity contribution < 1.29 is 18.3 Å². The van der Waals surface area contributed by atoms with Crippen LogP contribution in [0.25, 0.3) is 10.9 Å². The summed E-state index contributed by atoms with van der Waals surface area (Å²) in [6.45, 7) is 2.93. The van der Waals surface area contributed by atoms with E-state index in [9.17, 15) is 18.3 Å². The first-order valence-electron chi connectivity index (χ1n) is 10.3. The molecule has 1 N–H and O–H groups in total. The number of hydrogen-bond donors (Lipinski definition) is 1.